The first-order valence-corrected chi connectivity index (χ1v) is 10.4. The fourth-order valence-corrected chi connectivity index (χ4v) is 3.64. The Bertz CT molecular complexity index is 917. The van der Waals surface area contributed by atoms with Gasteiger partial charge < -0.3 is 9.72 Å². The van der Waals surface area contributed by atoms with E-state index in [9.17, 15) is 4.79 Å². The van der Waals surface area contributed by atoms with Gasteiger partial charge >= 0.3 is 5.97 Å². The van der Waals surface area contributed by atoms with E-state index < -0.39 is 0 Å². The third-order valence-electron chi connectivity index (χ3n) is 4.75. The van der Waals surface area contributed by atoms with Gasteiger partial charge in [0.1, 0.15) is 6.61 Å². The molecule has 0 aliphatic heterocycles. The number of rotatable bonds is 7. The molecule has 5 heteroatoms. The summed E-state index contributed by atoms with van der Waals surface area (Å²) >= 11 is 9.43. The maximum atomic E-state index is 12.8. The number of hydrogen-bond acceptors (Lipinski definition) is 2. The van der Waals surface area contributed by atoms with E-state index in [0.29, 0.717) is 5.02 Å². The highest BCUT2D eigenvalue weighted by molar-refractivity contribution is 9.10. The van der Waals surface area contributed by atoms with Gasteiger partial charge in [0.15, 0.2) is 0 Å². The Hall–Kier alpha value is -2.04. The number of carbonyl (C=O) groups is 1. The highest BCUT2D eigenvalue weighted by Gasteiger charge is 2.26. The van der Waals surface area contributed by atoms with Crippen molar-refractivity contribution in [2.24, 2.45) is 5.92 Å². The average Bonchev–Trinajstić information content (AvgIpc) is 3.10. The summed E-state index contributed by atoms with van der Waals surface area (Å²) in [4.78, 5) is 16.0. The lowest BCUT2D eigenvalue weighted by Gasteiger charge is -2.20. The summed E-state index contributed by atoms with van der Waals surface area (Å²) in [6.07, 6.45) is 2.67. The minimum absolute atomic E-state index is 0.125. The van der Waals surface area contributed by atoms with Crippen LogP contribution in [0, 0.1) is 5.92 Å². The van der Waals surface area contributed by atoms with Crippen molar-refractivity contribution in [3.63, 3.8) is 0 Å². The zero-order chi connectivity index (χ0) is 20.1. The van der Waals surface area contributed by atoms with Crippen molar-refractivity contribution < 1.29 is 9.53 Å². The highest BCUT2D eigenvalue weighted by atomic mass is 79.9. The Morgan fingerprint density at radius 1 is 1.07 bits per heavy atom. The van der Waals surface area contributed by atoms with Crippen LogP contribution in [0.5, 0.6) is 0 Å². The molecule has 0 radical (unpaired) electrons. The van der Waals surface area contributed by atoms with Gasteiger partial charge in [-0.1, -0.05) is 65.6 Å². The summed E-state index contributed by atoms with van der Waals surface area (Å²) in [6.45, 7) is 4.27. The first-order valence-electron chi connectivity index (χ1n) is 9.25. The molecular formula is C23H23BrClNO2. The summed E-state index contributed by atoms with van der Waals surface area (Å²) in [6, 6.07) is 17.7. The number of esters is 1. The Labute approximate surface area is 179 Å². The number of aromatic amines is 1. The van der Waals surface area contributed by atoms with Gasteiger partial charge in [-0.3, -0.25) is 4.79 Å². The lowest BCUT2D eigenvalue weighted by atomic mass is 9.88. The van der Waals surface area contributed by atoms with Crippen LogP contribution in [0.1, 0.15) is 42.1 Å². The van der Waals surface area contributed by atoms with Gasteiger partial charge in [0, 0.05) is 15.7 Å². The van der Waals surface area contributed by atoms with Crippen LogP contribution in [-0.2, 0) is 22.6 Å². The van der Waals surface area contributed by atoms with E-state index in [1.165, 1.54) is 5.56 Å². The molecule has 2 aromatic carbocycles. The lowest BCUT2D eigenvalue weighted by Crippen LogP contribution is -2.21. The Balaban J connectivity index is 1.67. The molecular weight excluding hydrogens is 438 g/mol. The van der Waals surface area contributed by atoms with Crippen molar-refractivity contribution >= 4 is 33.5 Å². The van der Waals surface area contributed by atoms with Crippen LogP contribution in [0.3, 0.4) is 0 Å². The second-order valence-corrected chi connectivity index (χ2v) is 8.52. The molecule has 1 unspecified atom stereocenters. The lowest BCUT2D eigenvalue weighted by molar-refractivity contribution is -0.148. The molecule has 1 aromatic heterocycles. The van der Waals surface area contributed by atoms with E-state index in [1.54, 1.807) is 12.1 Å². The van der Waals surface area contributed by atoms with Crippen LogP contribution in [0.15, 0.2) is 65.3 Å². The van der Waals surface area contributed by atoms with Crippen molar-refractivity contribution in [3.05, 3.63) is 92.7 Å². The van der Waals surface area contributed by atoms with Gasteiger partial charge in [0.25, 0.3) is 0 Å². The van der Waals surface area contributed by atoms with Gasteiger partial charge in [-0.25, -0.2) is 0 Å². The maximum Gasteiger partial charge on any atom is 0.314 e. The van der Waals surface area contributed by atoms with Gasteiger partial charge in [0.2, 0.25) is 0 Å². The van der Waals surface area contributed by atoms with Crippen molar-refractivity contribution in [2.45, 2.75) is 32.8 Å². The molecule has 3 nitrogen and oxygen atoms in total. The number of ether oxygens (including phenoxy) is 1. The van der Waals surface area contributed by atoms with Crippen molar-refractivity contribution in [3.8, 4) is 0 Å². The van der Waals surface area contributed by atoms with Gasteiger partial charge in [-0.2, -0.15) is 0 Å². The van der Waals surface area contributed by atoms with Crippen LogP contribution < -0.4 is 0 Å². The quantitative estimate of drug-likeness (QED) is 0.409. The molecule has 0 saturated carbocycles. The monoisotopic (exact) mass is 459 g/mol. The number of aromatic nitrogens is 1. The van der Waals surface area contributed by atoms with E-state index >= 15 is 0 Å². The summed E-state index contributed by atoms with van der Waals surface area (Å²) in [5.74, 6) is -0.414. The van der Waals surface area contributed by atoms with Crippen LogP contribution in [0.2, 0.25) is 5.02 Å². The Morgan fingerprint density at radius 2 is 1.75 bits per heavy atom. The minimum Gasteiger partial charge on any atom is -0.459 e. The zero-order valence-corrected chi connectivity index (χ0v) is 18.3. The largest absolute Gasteiger partial charge is 0.459 e. The standard InChI is InChI=1S/C23H23BrClNO2/c1-15(2)22(17-5-9-20(25)10-6-17)23(27)28-14-21-18(11-12-26-21)13-16-3-7-19(24)8-4-16/h3-12,15,22,26H,13-14H2,1-2H3. The summed E-state index contributed by atoms with van der Waals surface area (Å²) < 4.78 is 6.74. The summed E-state index contributed by atoms with van der Waals surface area (Å²) in [5.41, 5.74) is 4.18. The number of benzene rings is 2. The molecule has 0 bridgehead atoms. The summed E-state index contributed by atoms with van der Waals surface area (Å²) in [7, 11) is 0. The second-order valence-electron chi connectivity index (χ2n) is 7.17. The van der Waals surface area contributed by atoms with Crippen LogP contribution in [0.25, 0.3) is 0 Å². The van der Waals surface area contributed by atoms with Crippen LogP contribution >= 0.6 is 27.5 Å². The number of H-pyrrole nitrogens is 1. The van der Waals surface area contributed by atoms with E-state index in [1.807, 2.05) is 50.4 Å². The fourth-order valence-electron chi connectivity index (χ4n) is 3.25. The molecule has 1 N–H and O–H groups in total. The molecule has 146 valence electrons. The van der Waals surface area contributed by atoms with E-state index in [0.717, 1.165) is 27.7 Å². The normalized spacial score (nSPS) is 12.2. The molecule has 0 saturated heterocycles. The van der Waals surface area contributed by atoms with Crippen molar-refractivity contribution in [1.82, 2.24) is 4.98 Å². The second kappa shape index (κ2) is 9.44. The molecule has 1 heterocycles. The topological polar surface area (TPSA) is 42.1 Å². The molecule has 3 rings (SSSR count). The highest BCUT2D eigenvalue weighted by Crippen LogP contribution is 2.28. The molecule has 0 fully saturated rings. The average molecular weight is 461 g/mol. The van der Waals surface area contributed by atoms with Gasteiger partial charge in [0.05, 0.1) is 11.6 Å². The third-order valence-corrected chi connectivity index (χ3v) is 5.53. The summed E-state index contributed by atoms with van der Waals surface area (Å²) in [5, 5.41) is 0.656. The number of hydrogen-bond donors (Lipinski definition) is 1. The molecule has 0 aliphatic carbocycles. The van der Waals surface area contributed by atoms with Crippen molar-refractivity contribution in [1.29, 1.82) is 0 Å². The van der Waals surface area contributed by atoms with Crippen molar-refractivity contribution in [2.75, 3.05) is 0 Å². The Kier molecular flexibility index (Phi) is 6.97. The predicted octanol–water partition coefficient (Wildman–Crippen LogP) is 6.50. The Morgan fingerprint density at radius 3 is 2.39 bits per heavy atom. The van der Waals surface area contributed by atoms with Gasteiger partial charge in [-0.15, -0.1) is 0 Å². The van der Waals surface area contributed by atoms with E-state index in [2.05, 4.69) is 33.0 Å². The van der Waals surface area contributed by atoms with E-state index in [-0.39, 0.29) is 24.4 Å². The molecule has 0 amide bonds. The molecule has 0 aliphatic rings. The zero-order valence-electron chi connectivity index (χ0n) is 15.9. The van der Waals surface area contributed by atoms with Crippen LogP contribution in [-0.4, -0.2) is 11.0 Å². The number of halogens is 2. The smallest absolute Gasteiger partial charge is 0.314 e. The molecule has 1 atom stereocenters. The number of nitrogens with one attached hydrogen (secondary N) is 1. The third kappa shape index (κ3) is 5.27. The fraction of sp³-hybridized carbons (Fsp3) is 0.261. The number of carbonyl (C=O) groups excluding carboxylic acids is 1. The maximum absolute atomic E-state index is 12.8. The SMILES string of the molecule is CC(C)C(C(=O)OCc1[nH]ccc1Cc1ccc(Br)cc1)c1ccc(Cl)cc1. The van der Waals surface area contributed by atoms with Gasteiger partial charge in [-0.05, 0) is 59.4 Å². The minimum atomic E-state index is -0.317. The predicted molar refractivity (Wildman–Crippen MR) is 117 cm³/mol. The first-order chi connectivity index (χ1) is 13.4. The first kappa shape index (κ1) is 20.7. The molecule has 3 aromatic rings. The molecule has 28 heavy (non-hydrogen) atoms. The van der Waals surface area contributed by atoms with E-state index in [4.69, 9.17) is 16.3 Å². The van der Waals surface area contributed by atoms with Crippen LogP contribution in [0.4, 0.5) is 0 Å². The molecule has 0 spiro atoms.